The highest BCUT2D eigenvalue weighted by Crippen LogP contribution is 2.16. The molecular weight excluding hydrogens is 297 g/mol. The largest absolute Gasteiger partial charge is 0.345 e. The molecule has 0 aliphatic rings. The van der Waals surface area contributed by atoms with E-state index in [9.17, 15) is 14.0 Å². The molecule has 5 nitrogen and oxygen atoms in total. The monoisotopic (exact) mass is 311 g/mol. The van der Waals surface area contributed by atoms with Gasteiger partial charge in [-0.25, -0.2) is 9.37 Å². The number of nitrogens with zero attached hydrogens (tertiary/aromatic N) is 1. The Labute approximate surface area is 131 Å². The van der Waals surface area contributed by atoms with E-state index in [2.05, 4.69) is 15.3 Å². The number of pyridine rings is 2. The van der Waals surface area contributed by atoms with Gasteiger partial charge >= 0.3 is 0 Å². The molecule has 0 saturated carbocycles. The second kappa shape index (κ2) is 6.00. The van der Waals surface area contributed by atoms with Crippen LogP contribution in [0, 0.1) is 5.82 Å². The van der Waals surface area contributed by atoms with Crippen LogP contribution in [0.4, 0.5) is 4.39 Å². The van der Waals surface area contributed by atoms with Crippen LogP contribution in [-0.2, 0) is 0 Å². The first-order valence-electron chi connectivity index (χ1n) is 7.09. The summed E-state index contributed by atoms with van der Waals surface area (Å²) < 4.78 is 13.8. The van der Waals surface area contributed by atoms with Crippen LogP contribution in [0.1, 0.15) is 28.9 Å². The molecule has 23 heavy (non-hydrogen) atoms. The summed E-state index contributed by atoms with van der Waals surface area (Å²) in [4.78, 5) is 31.5. The molecule has 3 aromatic rings. The number of carbonyl (C=O) groups excluding carboxylic acids is 1. The van der Waals surface area contributed by atoms with Crippen LogP contribution in [0.3, 0.4) is 0 Å². The molecule has 6 heteroatoms. The molecule has 3 rings (SSSR count). The van der Waals surface area contributed by atoms with Gasteiger partial charge in [0.15, 0.2) is 0 Å². The van der Waals surface area contributed by atoms with E-state index in [0.717, 1.165) is 0 Å². The zero-order chi connectivity index (χ0) is 16.4. The van der Waals surface area contributed by atoms with Crippen LogP contribution < -0.4 is 10.7 Å². The minimum absolute atomic E-state index is 0.0336. The Bertz CT molecular complexity index is 936. The highest BCUT2D eigenvalue weighted by atomic mass is 19.1. The zero-order valence-electron chi connectivity index (χ0n) is 12.3. The van der Waals surface area contributed by atoms with Crippen molar-refractivity contribution >= 4 is 16.9 Å². The quantitative estimate of drug-likeness (QED) is 0.780. The molecule has 2 heterocycles. The second-order valence-corrected chi connectivity index (χ2v) is 5.15. The van der Waals surface area contributed by atoms with Gasteiger partial charge in [0.05, 0.1) is 11.4 Å². The van der Waals surface area contributed by atoms with Crippen molar-refractivity contribution in [1.82, 2.24) is 15.3 Å². The predicted octanol–water partition coefficient (Wildman–Crippen LogP) is 2.55. The third-order valence-corrected chi connectivity index (χ3v) is 3.61. The van der Waals surface area contributed by atoms with Crippen LogP contribution in [-0.4, -0.2) is 15.9 Å². The van der Waals surface area contributed by atoms with Crippen LogP contribution in [0.5, 0.6) is 0 Å². The third kappa shape index (κ3) is 2.83. The van der Waals surface area contributed by atoms with Gasteiger partial charge in [0.25, 0.3) is 5.91 Å². The third-order valence-electron chi connectivity index (χ3n) is 3.61. The number of halogens is 1. The number of nitrogens with one attached hydrogen (secondary N) is 2. The second-order valence-electron chi connectivity index (χ2n) is 5.15. The molecule has 0 bridgehead atoms. The number of carbonyl (C=O) groups is 1. The Balaban J connectivity index is 1.91. The number of fused-ring (bicyclic) bond motifs is 1. The van der Waals surface area contributed by atoms with E-state index in [1.54, 1.807) is 43.5 Å². The van der Waals surface area contributed by atoms with Gasteiger partial charge in [0, 0.05) is 18.0 Å². The molecule has 1 atom stereocenters. The number of hydrogen-bond acceptors (Lipinski definition) is 3. The van der Waals surface area contributed by atoms with Gasteiger partial charge in [-0.15, -0.1) is 0 Å². The van der Waals surface area contributed by atoms with Crippen molar-refractivity contribution in [2.45, 2.75) is 13.0 Å². The van der Waals surface area contributed by atoms with E-state index in [1.165, 1.54) is 12.3 Å². The SMILES string of the molecule is CC(NC(=O)c1c[nH]c2ncccc2c1=O)c1ccccc1F. The van der Waals surface area contributed by atoms with Gasteiger partial charge in [-0.3, -0.25) is 9.59 Å². The molecule has 116 valence electrons. The summed E-state index contributed by atoms with van der Waals surface area (Å²) in [6.07, 6.45) is 2.87. The summed E-state index contributed by atoms with van der Waals surface area (Å²) in [5.41, 5.74) is 0.328. The van der Waals surface area contributed by atoms with Crippen LogP contribution >= 0.6 is 0 Å². The fourth-order valence-electron chi connectivity index (χ4n) is 2.40. The first kappa shape index (κ1) is 14.9. The Morgan fingerprint density at radius 2 is 2.04 bits per heavy atom. The number of rotatable bonds is 3. The van der Waals surface area contributed by atoms with Crippen molar-refractivity contribution in [2.24, 2.45) is 0 Å². The van der Waals surface area contributed by atoms with E-state index < -0.39 is 23.2 Å². The van der Waals surface area contributed by atoms with Crippen molar-refractivity contribution in [2.75, 3.05) is 0 Å². The Kier molecular flexibility index (Phi) is 3.89. The summed E-state index contributed by atoms with van der Waals surface area (Å²) in [5.74, 6) is -0.968. The average Bonchev–Trinajstić information content (AvgIpc) is 2.55. The smallest absolute Gasteiger partial charge is 0.257 e. The lowest BCUT2D eigenvalue weighted by Gasteiger charge is -2.15. The normalized spacial score (nSPS) is 12.1. The summed E-state index contributed by atoms with van der Waals surface area (Å²) in [5, 5.41) is 2.97. The Morgan fingerprint density at radius 1 is 1.26 bits per heavy atom. The van der Waals surface area contributed by atoms with Gasteiger partial charge in [-0.2, -0.15) is 0 Å². The van der Waals surface area contributed by atoms with Gasteiger partial charge in [0.2, 0.25) is 5.43 Å². The summed E-state index contributed by atoms with van der Waals surface area (Å²) in [6, 6.07) is 8.85. The number of amides is 1. The van der Waals surface area contributed by atoms with E-state index >= 15 is 0 Å². The maximum Gasteiger partial charge on any atom is 0.257 e. The van der Waals surface area contributed by atoms with E-state index in [0.29, 0.717) is 16.6 Å². The first-order chi connectivity index (χ1) is 11.1. The highest BCUT2D eigenvalue weighted by molar-refractivity contribution is 5.96. The first-order valence-corrected chi connectivity index (χ1v) is 7.09. The summed E-state index contributed by atoms with van der Waals surface area (Å²) in [6.45, 7) is 1.66. The molecule has 1 unspecified atom stereocenters. The van der Waals surface area contributed by atoms with Gasteiger partial charge in [-0.05, 0) is 25.1 Å². The van der Waals surface area contributed by atoms with Crippen molar-refractivity contribution in [1.29, 1.82) is 0 Å². The molecule has 0 fully saturated rings. The average molecular weight is 311 g/mol. The van der Waals surface area contributed by atoms with Crippen molar-refractivity contribution in [3.8, 4) is 0 Å². The van der Waals surface area contributed by atoms with Crippen molar-refractivity contribution < 1.29 is 9.18 Å². The predicted molar refractivity (Wildman–Crippen MR) is 84.6 cm³/mol. The van der Waals surface area contributed by atoms with E-state index in [-0.39, 0.29) is 5.56 Å². The molecule has 0 aliphatic carbocycles. The summed E-state index contributed by atoms with van der Waals surface area (Å²) >= 11 is 0. The molecule has 1 amide bonds. The minimum atomic E-state index is -0.562. The molecule has 2 aromatic heterocycles. The highest BCUT2D eigenvalue weighted by Gasteiger charge is 2.17. The zero-order valence-corrected chi connectivity index (χ0v) is 12.3. The number of benzene rings is 1. The van der Waals surface area contributed by atoms with Crippen LogP contribution in [0.15, 0.2) is 53.6 Å². The number of aromatic amines is 1. The lowest BCUT2D eigenvalue weighted by Crippen LogP contribution is -2.31. The maximum absolute atomic E-state index is 13.8. The minimum Gasteiger partial charge on any atom is -0.345 e. The number of aromatic nitrogens is 2. The maximum atomic E-state index is 13.8. The van der Waals surface area contributed by atoms with Crippen molar-refractivity contribution in [3.63, 3.8) is 0 Å². The molecular formula is C17H14FN3O2. The number of H-pyrrole nitrogens is 1. The molecule has 0 saturated heterocycles. The molecule has 0 radical (unpaired) electrons. The fourth-order valence-corrected chi connectivity index (χ4v) is 2.40. The van der Waals surface area contributed by atoms with E-state index in [1.807, 2.05) is 0 Å². The Hall–Kier alpha value is -3.02. The van der Waals surface area contributed by atoms with Gasteiger partial charge < -0.3 is 10.3 Å². The summed E-state index contributed by atoms with van der Waals surface area (Å²) in [7, 11) is 0. The van der Waals surface area contributed by atoms with E-state index in [4.69, 9.17) is 0 Å². The lowest BCUT2D eigenvalue weighted by molar-refractivity contribution is 0.0938. The molecule has 2 N–H and O–H groups in total. The Morgan fingerprint density at radius 3 is 2.83 bits per heavy atom. The fraction of sp³-hybridized carbons (Fsp3) is 0.118. The van der Waals surface area contributed by atoms with Gasteiger partial charge in [0.1, 0.15) is 17.0 Å². The lowest BCUT2D eigenvalue weighted by atomic mass is 10.1. The molecule has 0 aliphatic heterocycles. The van der Waals surface area contributed by atoms with Crippen LogP contribution in [0.25, 0.3) is 11.0 Å². The molecule has 1 aromatic carbocycles. The van der Waals surface area contributed by atoms with Crippen LogP contribution in [0.2, 0.25) is 0 Å². The van der Waals surface area contributed by atoms with Crippen molar-refractivity contribution in [3.05, 3.63) is 76.0 Å². The molecule has 0 spiro atoms. The number of hydrogen-bond donors (Lipinski definition) is 2. The standard InChI is InChI=1S/C17H14FN3O2/c1-10(11-5-2-3-7-14(11)18)21-17(23)13-9-20-16-12(15(13)22)6-4-8-19-16/h2-10H,1H3,(H,21,23)(H,19,20,22). The van der Waals surface area contributed by atoms with Gasteiger partial charge in [-0.1, -0.05) is 18.2 Å². The topological polar surface area (TPSA) is 74.8 Å².